The van der Waals surface area contributed by atoms with E-state index in [0.29, 0.717) is 25.3 Å². The van der Waals surface area contributed by atoms with Gasteiger partial charge in [0, 0.05) is 23.1 Å². The van der Waals surface area contributed by atoms with Crippen molar-refractivity contribution in [1.82, 2.24) is 5.32 Å². The Morgan fingerprint density at radius 1 is 1.18 bits per heavy atom. The molecule has 2 N–H and O–H groups in total. The van der Waals surface area contributed by atoms with Crippen LogP contribution in [0.3, 0.4) is 0 Å². The van der Waals surface area contributed by atoms with Crippen LogP contribution in [0.2, 0.25) is 0 Å². The molecule has 3 rings (SSSR count). The van der Waals surface area contributed by atoms with Crippen LogP contribution in [0.1, 0.15) is 17.3 Å². The molecule has 114 valence electrons. The molecular formula is C18H19NO3. The van der Waals surface area contributed by atoms with Crippen LogP contribution in [0, 0.1) is 5.41 Å². The first-order chi connectivity index (χ1) is 10.6. The quantitative estimate of drug-likeness (QED) is 0.912. The maximum absolute atomic E-state index is 12.1. The Morgan fingerprint density at radius 2 is 1.86 bits per heavy atom. The molecule has 4 nitrogen and oxygen atoms in total. The number of benzene rings is 2. The van der Waals surface area contributed by atoms with Gasteiger partial charge in [-0.2, -0.15) is 0 Å². The van der Waals surface area contributed by atoms with E-state index < -0.39 is 0 Å². The Labute approximate surface area is 129 Å². The first-order valence-corrected chi connectivity index (χ1v) is 7.32. The molecule has 22 heavy (non-hydrogen) atoms. The second-order valence-electron chi connectivity index (χ2n) is 6.08. The smallest absolute Gasteiger partial charge is 0.251 e. The van der Waals surface area contributed by atoms with Gasteiger partial charge in [-0.05, 0) is 23.8 Å². The van der Waals surface area contributed by atoms with Crippen molar-refractivity contribution in [3.63, 3.8) is 0 Å². The highest BCUT2D eigenvalue weighted by molar-refractivity contribution is 5.94. The summed E-state index contributed by atoms with van der Waals surface area (Å²) in [5.41, 5.74) is 2.32. The Bertz CT molecular complexity index is 675. The van der Waals surface area contributed by atoms with Gasteiger partial charge in [0.1, 0.15) is 5.75 Å². The number of phenols is 1. The zero-order chi connectivity index (χ0) is 15.6. The predicted molar refractivity (Wildman–Crippen MR) is 84.8 cm³/mol. The summed E-state index contributed by atoms with van der Waals surface area (Å²) in [5.74, 6) is 0.148. The van der Waals surface area contributed by atoms with Crippen LogP contribution < -0.4 is 5.32 Å². The van der Waals surface area contributed by atoms with Gasteiger partial charge >= 0.3 is 0 Å². The normalized spacial score (nSPS) is 15.9. The molecular weight excluding hydrogens is 278 g/mol. The van der Waals surface area contributed by atoms with Crippen LogP contribution in [0.5, 0.6) is 5.75 Å². The Balaban J connectivity index is 1.68. The minimum Gasteiger partial charge on any atom is -0.507 e. The first-order valence-electron chi connectivity index (χ1n) is 7.32. The summed E-state index contributed by atoms with van der Waals surface area (Å²) in [6.07, 6.45) is 0. The average Bonchev–Trinajstić information content (AvgIpc) is 2.51. The molecule has 0 unspecified atom stereocenters. The summed E-state index contributed by atoms with van der Waals surface area (Å²) in [5, 5.41) is 12.8. The monoisotopic (exact) mass is 297 g/mol. The van der Waals surface area contributed by atoms with E-state index in [-0.39, 0.29) is 17.1 Å². The van der Waals surface area contributed by atoms with Crippen LogP contribution in [0.4, 0.5) is 0 Å². The van der Waals surface area contributed by atoms with Gasteiger partial charge in [0.15, 0.2) is 0 Å². The lowest BCUT2D eigenvalue weighted by molar-refractivity contribution is -0.0978. The first kappa shape index (κ1) is 14.6. The standard InChI is InChI=1S/C18H19NO3/c1-18(11-22-12-18)10-19-17(21)14-8-6-13(7-9-14)15-4-2-3-5-16(15)20/h2-9,20H,10-12H2,1H3,(H,19,21). The zero-order valence-corrected chi connectivity index (χ0v) is 12.5. The van der Waals surface area contributed by atoms with Crippen molar-refractivity contribution < 1.29 is 14.6 Å². The van der Waals surface area contributed by atoms with Gasteiger partial charge in [0.05, 0.1) is 13.2 Å². The highest BCUT2D eigenvalue weighted by Crippen LogP contribution is 2.29. The Morgan fingerprint density at radius 3 is 2.45 bits per heavy atom. The molecule has 2 aromatic rings. The summed E-state index contributed by atoms with van der Waals surface area (Å²) in [6.45, 7) is 4.10. The molecule has 2 aromatic carbocycles. The van der Waals surface area contributed by atoms with Crippen LogP contribution in [-0.4, -0.2) is 30.8 Å². The fourth-order valence-corrected chi connectivity index (χ4v) is 2.47. The minimum atomic E-state index is -0.0861. The molecule has 1 saturated heterocycles. The predicted octanol–water partition coefficient (Wildman–Crippen LogP) is 2.83. The lowest BCUT2D eigenvalue weighted by Crippen LogP contribution is -2.48. The molecule has 1 aliphatic rings. The maximum atomic E-state index is 12.1. The zero-order valence-electron chi connectivity index (χ0n) is 12.5. The van der Waals surface area contributed by atoms with E-state index in [1.807, 2.05) is 24.3 Å². The molecule has 1 fully saturated rings. The third-order valence-electron chi connectivity index (χ3n) is 3.94. The van der Waals surface area contributed by atoms with Gasteiger partial charge < -0.3 is 15.2 Å². The number of nitrogens with one attached hydrogen (secondary N) is 1. The molecule has 0 aromatic heterocycles. The van der Waals surface area contributed by atoms with Crippen molar-refractivity contribution in [3.05, 3.63) is 54.1 Å². The van der Waals surface area contributed by atoms with Crippen molar-refractivity contribution in [2.75, 3.05) is 19.8 Å². The summed E-state index contributed by atoms with van der Waals surface area (Å²) in [4.78, 5) is 12.1. The van der Waals surface area contributed by atoms with Crippen molar-refractivity contribution >= 4 is 5.91 Å². The van der Waals surface area contributed by atoms with Crippen LogP contribution in [0.25, 0.3) is 11.1 Å². The maximum Gasteiger partial charge on any atom is 0.251 e. The van der Waals surface area contributed by atoms with E-state index in [1.165, 1.54) is 0 Å². The molecule has 4 heteroatoms. The van der Waals surface area contributed by atoms with E-state index in [0.717, 1.165) is 11.1 Å². The van der Waals surface area contributed by atoms with E-state index in [1.54, 1.807) is 24.3 Å². The third-order valence-corrected chi connectivity index (χ3v) is 3.94. The second-order valence-corrected chi connectivity index (χ2v) is 6.08. The number of phenolic OH excluding ortho intramolecular Hbond substituents is 1. The third kappa shape index (κ3) is 2.97. The van der Waals surface area contributed by atoms with E-state index in [2.05, 4.69) is 12.2 Å². The van der Waals surface area contributed by atoms with Crippen molar-refractivity contribution in [2.24, 2.45) is 5.41 Å². The summed E-state index contributed by atoms with van der Waals surface area (Å²) in [7, 11) is 0. The number of aromatic hydroxyl groups is 1. The molecule has 1 heterocycles. The molecule has 0 saturated carbocycles. The van der Waals surface area contributed by atoms with Crippen LogP contribution in [-0.2, 0) is 4.74 Å². The number of ether oxygens (including phenoxy) is 1. The summed E-state index contributed by atoms with van der Waals surface area (Å²) in [6, 6.07) is 14.4. The number of amides is 1. The molecule has 0 atom stereocenters. The highest BCUT2D eigenvalue weighted by Gasteiger charge is 2.33. The van der Waals surface area contributed by atoms with Gasteiger partial charge in [-0.3, -0.25) is 4.79 Å². The Hall–Kier alpha value is -2.33. The molecule has 0 radical (unpaired) electrons. The number of carbonyl (C=O) groups is 1. The molecule has 1 amide bonds. The lowest BCUT2D eigenvalue weighted by atomic mass is 9.88. The van der Waals surface area contributed by atoms with E-state index >= 15 is 0 Å². The van der Waals surface area contributed by atoms with Gasteiger partial charge in [-0.25, -0.2) is 0 Å². The second kappa shape index (κ2) is 5.81. The number of hydrogen-bond donors (Lipinski definition) is 2. The van der Waals surface area contributed by atoms with Gasteiger partial charge in [0.25, 0.3) is 5.91 Å². The molecule has 0 bridgehead atoms. The lowest BCUT2D eigenvalue weighted by Gasteiger charge is -2.38. The average molecular weight is 297 g/mol. The van der Waals surface area contributed by atoms with Crippen LogP contribution >= 0.6 is 0 Å². The van der Waals surface area contributed by atoms with Crippen molar-refractivity contribution in [2.45, 2.75) is 6.92 Å². The van der Waals surface area contributed by atoms with Gasteiger partial charge in [0.2, 0.25) is 0 Å². The molecule has 0 aliphatic carbocycles. The SMILES string of the molecule is CC1(CNC(=O)c2ccc(-c3ccccc3O)cc2)COC1. The fourth-order valence-electron chi connectivity index (χ4n) is 2.47. The number of hydrogen-bond acceptors (Lipinski definition) is 3. The number of rotatable bonds is 4. The summed E-state index contributed by atoms with van der Waals surface area (Å²) >= 11 is 0. The Kier molecular flexibility index (Phi) is 3.86. The van der Waals surface area contributed by atoms with E-state index in [4.69, 9.17) is 4.74 Å². The number of carbonyl (C=O) groups excluding carboxylic acids is 1. The van der Waals surface area contributed by atoms with Gasteiger partial charge in [-0.1, -0.05) is 37.3 Å². The highest BCUT2D eigenvalue weighted by atomic mass is 16.5. The molecule has 0 spiro atoms. The summed E-state index contributed by atoms with van der Waals surface area (Å²) < 4.78 is 5.18. The van der Waals surface area contributed by atoms with Crippen LogP contribution in [0.15, 0.2) is 48.5 Å². The van der Waals surface area contributed by atoms with E-state index in [9.17, 15) is 9.90 Å². The van der Waals surface area contributed by atoms with Crippen molar-refractivity contribution in [3.8, 4) is 16.9 Å². The van der Waals surface area contributed by atoms with Gasteiger partial charge in [-0.15, -0.1) is 0 Å². The fraction of sp³-hybridized carbons (Fsp3) is 0.278. The molecule has 1 aliphatic heterocycles. The minimum absolute atomic E-state index is 0.0609. The largest absolute Gasteiger partial charge is 0.507 e. The number of para-hydroxylation sites is 1. The topological polar surface area (TPSA) is 58.6 Å². The van der Waals surface area contributed by atoms with Crippen molar-refractivity contribution in [1.29, 1.82) is 0 Å².